The zero-order valence-electron chi connectivity index (χ0n) is 7.85. The molecule has 6 heteroatoms. The third kappa shape index (κ3) is 2.83. The fraction of sp³-hybridized carbons (Fsp3) is 0.200. The van der Waals surface area contributed by atoms with E-state index in [4.69, 9.17) is 23.2 Å². The number of halogens is 5. The highest BCUT2D eigenvalue weighted by atomic mass is 35.5. The van der Waals surface area contributed by atoms with Crippen molar-refractivity contribution in [3.05, 3.63) is 39.9 Å². The van der Waals surface area contributed by atoms with Crippen molar-refractivity contribution in [1.29, 1.82) is 0 Å². The van der Waals surface area contributed by atoms with Crippen LogP contribution in [0.25, 0.3) is 0 Å². The quantitative estimate of drug-likeness (QED) is 0.847. The molecule has 1 nitrogen and oxygen atoms in total. The molecule has 0 heterocycles. The van der Waals surface area contributed by atoms with E-state index >= 15 is 0 Å². The Hall–Kier alpha value is -0.870. The van der Waals surface area contributed by atoms with Gasteiger partial charge in [0.2, 0.25) is 0 Å². The van der Waals surface area contributed by atoms with Gasteiger partial charge in [-0.15, -0.1) is 0 Å². The molecule has 1 N–H and O–H groups in total. The van der Waals surface area contributed by atoms with E-state index < -0.39 is 22.5 Å². The summed E-state index contributed by atoms with van der Waals surface area (Å²) in [6, 6.07) is 2.13. The number of aromatic hydroxyl groups is 1. The second kappa shape index (κ2) is 4.97. The molecule has 0 atom stereocenters. The van der Waals surface area contributed by atoms with Gasteiger partial charge in [0.1, 0.15) is 5.75 Å². The molecule has 0 aromatic heterocycles. The van der Waals surface area contributed by atoms with E-state index in [1.165, 1.54) is 6.08 Å². The molecule has 0 bridgehead atoms. The molecule has 0 aliphatic rings. The molecule has 16 heavy (non-hydrogen) atoms. The van der Waals surface area contributed by atoms with Crippen LogP contribution >= 0.6 is 23.2 Å². The molecule has 1 aromatic rings. The Labute approximate surface area is 100 Å². The van der Waals surface area contributed by atoms with E-state index in [2.05, 4.69) is 0 Å². The van der Waals surface area contributed by atoms with Crippen molar-refractivity contribution >= 4 is 23.2 Å². The number of phenols is 1. The Kier molecular flexibility index (Phi) is 4.10. The number of phenolic OH excluding ortho intramolecular Hbond substituents is 1. The number of rotatable bonds is 2. The normalized spacial score (nSPS) is 12.3. The molecule has 0 saturated carbocycles. The molecule has 88 valence electrons. The molecule has 0 saturated heterocycles. The Bertz CT molecular complexity index is 413. The minimum atomic E-state index is -4.61. The zero-order chi connectivity index (χ0) is 12.3. The Morgan fingerprint density at radius 3 is 2.44 bits per heavy atom. The summed E-state index contributed by atoms with van der Waals surface area (Å²) in [7, 11) is 0. The van der Waals surface area contributed by atoms with Gasteiger partial charge in [-0.05, 0) is 18.6 Å². The molecule has 1 rings (SSSR count). The second-order valence-electron chi connectivity index (χ2n) is 2.98. The van der Waals surface area contributed by atoms with Crippen molar-refractivity contribution in [2.45, 2.75) is 12.6 Å². The maximum atomic E-state index is 12.7. The maximum Gasteiger partial charge on any atom is 0.418 e. The van der Waals surface area contributed by atoms with Gasteiger partial charge in [0.15, 0.2) is 0 Å². The largest absolute Gasteiger partial charge is 0.508 e. The first kappa shape index (κ1) is 13.2. The van der Waals surface area contributed by atoms with E-state index in [1.807, 2.05) is 0 Å². The standard InChI is InChI=1S/C10H7Cl2F3O/c11-5-1-2-6-8(16)4-3-7(12)9(6)10(13,14)15/h1,3-5,16H,2H2/b5-1+. The highest BCUT2D eigenvalue weighted by molar-refractivity contribution is 6.31. The topological polar surface area (TPSA) is 20.2 Å². The molecule has 0 amide bonds. The summed E-state index contributed by atoms with van der Waals surface area (Å²) in [6.45, 7) is 0. The molecule has 1 aromatic carbocycles. The van der Waals surface area contributed by atoms with Crippen LogP contribution in [0.15, 0.2) is 23.7 Å². The lowest BCUT2D eigenvalue weighted by atomic mass is 10.0. The predicted molar refractivity (Wildman–Crippen MR) is 56.8 cm³/mol. The SMILES string of the molecule is Oc1ccc(Cl)c(C(F)(F)F)c1C/C=C/Cl. The van der Waals surface area contributed by atoms with Crippen LogP contribution in [-0.4, -0.2) is 5.11 Å². The summed E-state index contributed by atoms with van der Waals surface area (Å²) < 4.78 is 38.0. The molecule has 0 spiro atoms. The van der Waals surface area contributed by atoms with Crippen LogP contribution < -0.4 is 0 Å². The third-order valence-corrected chi connectivity index (χ3v) is 2.43. The van der Waals surface area contributed by atoms with Gasteiger partial charge in [-0.25, -0.2) is 0 Å². The Morgan fingerprint density at radius 2 is 1.94 bits per heavy atom. The van der Waals surface area contributed by atoms with Gasteiger partial charge < -0.3 is 5.11 Å². The number of allylic oxidation sites excluding steroid dienone is 1. The fourth-order valence-corrected chi connectivity index (χ4v) is 1.66. The summed E-state index contributed by atoms with van der Waals surface area (Å²) in [5, 5.41) is 8.93. The molecule has 0 unspecified atom stereocenters. The Balaban J connectivity index is 3.37. The number of hydrogen-bond acceptors (Lipinski definition) is 1. The first-order valence-corrected chi connectivity index (χ1v) is 5.02. The van der Waals surface area contributed by atoms with E-state index in [1.54, 1.807) is 0 Å². The smallest absolute Gasteiger partial charge is 0.418 e. The molecule has 0 fully saturated rings. The van der Waals surface area contributed by atoms with Crippen LogP contribution in [0.5, 0.6) is 5.75 Å². The lowest BCUT2D eigenvalue weighted by Crippen LogP contribution is -2.10. The highest BCUT2D eigenvalue weighted by Crippen LogP contribution is 2.40. The average molecular weight is 271 g/mol. The van der Waals surface area contributed by atoms with Crippen molar-refractivity contribution < 1.29 is 18.3 Å². The van der Waals surface area contributed by atoms with Crippen LogP contribution in [0.4, 0.5) is 13.2 Å². The molecule has 0 aliphatic heterocycles. The van der Waals surface area contributed by atoms with Gasteiger partial charge in [-0.3, -0.25) is 0 Å². The van der Waals surface area contributed by atoms with Crippen LogP contribution in [0.3, 0.4) is 0 Å². The molecule has 0 radical (unpaired) electrons. The van der Waals surface area contributed by atoms with E-state index in [0.29, 0.717) is 0 Å². The summed E-state index contributed by atoms with van der Waals surface area (Å²) in [6.07, 6.45) is -3.45. The van der Waals surface area contributed by atoms with Crippen LogP contribution in [0.1, 0.15) is 11.1 Å². The minimum absolute atomic E-state index is 0.134. The number of alkyl halides is 3. The van der Waals surface area contributed by atoms with Gasteiger partial charge in [0.05, 0.1) is 10.6 Å². The second-order valence-corrected chi connectivity index (χ2v) is 3.64. The molecular weight excluding hydrogens is 264 g/mol. The van der Waals surface area contributed by atoms with Crippen molar-refractivity contribution in [3.63, 3.8) is 0 Å². The number of hydrogen-bond donors (Lipinski definition) is 1. The van der Waals surface area contributed by atoms with Gasteiger partial charge in [-0.2, -0.15) is 13.2 Å². The minimum Gasteiger partial charge on any atom is -0.508 e. The summed E-state index contributed by atoms with van der Waals surface area (Å²) in [5.74, 6) is -0.452. The van der Waals surface area contributed by atoms with Crippen LogP contribution in [0, 0.1) is 0 Å². The van der Waals surface area contributed by atoms with Gasteiger partial charge in [-0.1, -0.05) is 29.3 Å². The van der Waals surface area contributed by atoms with E-state index in [0.717, 1.165) is 17.7 Å². The average Bonchev–Trinajstić information content (AvgIpc) is 2.17. The van der Waals surface area contributed by atoms with Crippen molar-refractivity contribution in [1.82, 2.24) is 0 Å². The lowest BCUT2D eigenvalue weighted by Gasteiger charge is -2.14. The van der Waals surface area contributed by atoms with E-state index in [9.17, 15) is 18.3 Å². The molecular formula is C10H7Cl2F3O. The zero-order valence-corrected chi connectivity index (χ0v) is 9.37. The Morgan fingerprint density at radius 1 is 1.31 bits per heavy atom. The molecule has 0 aliphatic carbocycles. The van der Waals surface area contributed by atoms with E-state index in [-0.39, 0.29) is 12.0 Å². The fourth-order valence-electron chi connectivity index (χ4n) is 1.28. The summed E-state index contributed by atoms with van der Waals surface area (Å²) in [4.78, 5) is 0. The first-order valence-electron chi connectivity index (χ1n) is 4.20. The monoisotopic (exact) mass is 270 g/mol. The third-order valence-electron chi connectivity index (χ3n) is 1.93. The van der Waals surface area contributed by atoms with Gasteiger partial charge in [0.25, 0.3) is 0 Å². The van der Waals surface area contributed by atoms with Crippen molar-refractivity contribution in [3.8, 4) is 5.75 Å². The highest BCUT2D eigenvalue weighted by Gasteiger charge is 2.36. The summed E-state index contributed by atoms with van der Waals surface area (Å²) >= 11 is 10.7. The van der Waals surface area contributed by atoms with Crippen LogP contribution in [0.2, 0.25) is 5.02 Å². The van der Waals surface area contributed by atoms with Crippen molar-refractivity contribution in [2.75, 3.05) is 0 Å². The predicted octanol–water partition coefficient (Wildman–Crippen LogP) is 4.36. The summed E-state index contributed by atoms with van der Waals surface area (Å²) in [5.41, 5.74) is -0.221. The maximum absolute atomic E-state index is 12.7. The lowest BCUT2D eigenvalue weighted by molar-refractivity contribution is -0.138. The first-order chi connectivity index (χ1) is 7.38. The number of benzene rings is 1. The van der Waals surface area contributed by atoms with Crippen molar-refractivity contribution in [2.24, 2.45) is 0 Å². The van der Waals surface area contributed by atoms with Gasteiger partial charge >= 0.3 is 6.18 Å². The van der Waals surface area contributed by atoms with Crippen LogP contribution in [-0.2, 0) is 12.6 Å². The van der Waals surface area contributed by atoms with Gasteiger partial charge in [0, 0.05) is 11.1 Å².